The minimum atomic E-state index is -1.79. The van der Waals surface area contributed by atoms with Gasteiger partial charge in [-0.05, 0) is 24.8 Å². The van der Waals surface area contributed by atoms with Crippen LogP contribution in [0.3, 0.4) is 0 Å². The lowest BCUT2D eigenvalue weighted by molar-refractivity contribution is -0.555. The first-order valence-corrected chi connectivity index (χ1v) is 6.02. The van der Waals surface area contributed by atoms with Crippen LogP contribution in [0.15, 0.2) is 5.11 Å². The number of carbonyl (C=O) groups excluding carboxylic acids is 2. The van der Waals surface area contributed by atoms with Gasteiger partial charge in [0.05, 0.1) is 0 Å². The van der Waals surface area contributed by atoms with Crippen LogP contribution in [-0.4, -0.2) is 28.8 Å². The number of nitro groups is 1. The molecule has 0 spiro atoms. The molecule has 0 aromatic heterocycles. The summed E-state index contributed by atoms with van der Waals surface area (Å²) in [5.74, 6) is -1.34. The van der Waals surface area contributed by atoms with Crippen molar-refractivity contribution in [2.24, 2.45) is 5.11 Å². The van der Waals surface area contributed by atoms with Gasteiger partial charge in [0.1, 0.15) is 0 Å². The molecule has 1 aliphatic rings. The first-order chi connectivity index (χ1) is 9.03. The Morgan fingerprint density at radius 1 is 1.47 bits per heavy atom. The molecule has 1 unspecified atom stereocenters. The SMILES string of the molecule is [N-]=[N+]=NCCCC1([N+](=O)[O-])CCCCC(=O)NC1=O. The fourth-order valence-electron chi connectivity index (χ4n) is 2.11. The third-order valence-electron chi connectivity index (χ3n) is 3.18. The Morgan fingerprint density at radius 3 is 2.84 bits per heavy atom. The number of rotatable bonds is 5. The molecule has 0 aromatic carbocycles. The normalized spacial score (nSPS) is 23.8. The van der Waals surface area contributed by atoms with Crippen molar-refractivity contribution in [2.45, 2.75) is 44.1 Å². The van der Waals surface area contributed by atoms with Crippen LogP contribution >= 0.6 is 0 Å². The number of nitrogens with one attached hydrogen (secondary N) is 1. The molecule has 1 rings (SSSR count). The average Bonchev–Trinajstić information content (AvgIpc) is 2.34. The van der Waals surface area contributed by atoms with E-state index in [2.05, 4.69) is 15.3 Å². The highest BCUT2D eigenvalue weighted by molar-refractivity contribution is 5.99. The van der Waals surface area contributed by atoms with Crippen LogP contribution in [0.5, 0.6) is 0 Å². The van der Waals surface area contributed by atoms with Gasteiger partial charge in [0, 0.05) is 35.6 Å². The van der Waals surface area contributed by atoms with Crippen LogP contribution in [-0.2, 0) is 9.59 Å². The molecule has 9 heteroatoms. The predicted molar refractivity (Wildman–Crippen MR) is 64.6 cm³/mol. The van der Waals surface area contributed by atoms with E-state index in [1.807, 2.05) is 0 Å². The van der Waals surface area contributed by atoms with Crippen LogP contribution in [0.1, 0.15) is 38.5 Å². The molecule has 1 heterocycles. The Labute approximate surface area is 109 Å². The number of azide groups is 1. The van der Waals surface area contributed by atoms with Gasteiger partial charge in [-0.15, -0.1) is 0 Å². The second-order valence-corrected chi connectivity index (χ2v) is 4.43. The summed E-state index contributed by atoms with van der Waals surface area (Å²) < 4.78 is 0. The van der Waals surface area contributed by atoms with Gasteiger partial charge in [-0.2, -0.15) is 0 Å². The summed E-state index contributed by atoms with van der Waals surface area (Å²) in [6.45, 7) is 0.0906. The third-order valence-corrected chi connectivity index (χ3v) is 3.18. The summed E-state index contributed by atoms with van der Waals surface area (Å²) in [5, 5.41) is 16.6. The average molecular weight is 269 g/mol. The second kappa shape index (κ2) is 6.69. The molecule has 0 aliphatic carbocycles. The van der Waals surface area contributed by atoms with Crippen molar-refractivity contribution in [3.05, 3.63) is 20.6 Å². The molecule has 0 aromatic rings. The van der Waals surface area contributed by atoms with Crippen LogP contribution in [0, 0.1) is 10.1 Å². The molecule has 9 nitrogen and oxygen atoms in total. The maximum atomic E-state index is 11.9. The van der Waals surface area contributed by atoms with Crippen molar-refractivity contribution in [1.82, 2.24) is 5.32 Å². The Kier molecular flexibility index (Phi) is 5.25. The van der Waals surface area contributed by atoms with Crippen molar-refractivity contribution in [3.8, 4) is 0 Å². The standard InChI is InChI=1S/C10H15N5O4/c11-14-12-7-3-6-10(15(18)19)5-2-1-4-8(16)13-9(10)17/h1-7H2,(H,13,16,17). The Balaban J connectivity index is 2.86. The monoisotopic (exact) mass is 269 g/mol. The van der Waals surface area contributed by atoms with Crippen LogP contribution < -0.4 is 5.32 Å². The number of amides is 2. The number of hydrogen-bond acceptors (Lipinski definition) is 5. The molecule has 19 heavy (non-hydrogen) atoms. The lowest BCUT2D eigenvalue weighted by Gasteiger charge is -2.25. The Morgan fingerprint density at radius 2 is 2.21 bits per heavy atom. The number of hydrogen-bond donors (Lipinski definition) is 1. The quantitative estimate of drug-likeness (QED) is 0.153. The van der Waals surface area contributed by atoms with E-state index in [0.717, 1.165) is 0 Å². The first-order valence-electron chi connectivity index (χ1n) is 6.02. The van der Waals surface area contributed by atoms with E-state index in [-0.39, 0.29) is 32.2 Å². The van der Waals surface area contributed by atoms with Gasteiger partial charge >= 0.3 is 5.91 Å². The van der Waals surface area contributed by atoms with E-state index < -0.39 is 22.3 Å². The second-order valence-electron chi connectivity index (χ2n) is 4.43. The topological polar surface area (TPSA) is 138 Å². The third kappa shape index (κ3) is 3.65. The fourth-order valence-corrected chi connectivity index (χ4v) is 2.11. The van der Waals surface area contributed by atoms with Crippen molar-refractivity contribution in [1.29, 1.82) is 0 Å². The van der Waals surface area contributed by atoms with E-state index in [0.29, 0.717) is 12.8 Å². The predicted octanol–water partition coefficient (Wildman–Crippen LogP) is 1.31. The van der Waals surface area contributed by atoms with Crippen LogP contribution in [0.4, 0.5) is 0 Å². The van der Waals surface area contributed by atoms with Crippen LogP contribution in [0.2, 0.25) is 0 Å². The van der Waals surface area contributed by atoms with Crippen molar-refractivity contribution in [3.63, 3.8) is 0 Å². The summed E-state index contributed by atoms with van der Waals surface area (Å²) in [6.07, 6.45) is 1.45. The maximum Gasteiger partial charge on any atom is 0.304 e. The molecule has 0 radical (unpaired) electrons. The van der Waals surface area contributed by atoms with E-state index >= 15 is 0 Å². The fraction of sp³-hybridized carbons (Fsp3) is 0.800. The lowest BCUT2D eigenvalue weighted by Crippen LogP contribution is -2.55. The van der Waals surface area contributed by atoms with E-state index in [1.54, 1.807) is 0 Å². The molecule has 0 bridgehead atoms. The summed E-state index contributed by atoms with van der Waals surface area (Å²) in [6, 6.07) is 0. The minimum Gasteiger partial charge on any atom is -0.290 e. The van der Waals surface area contributed by atoms with Crippen molar-refractivity contribution in [2.75, 3.05) is 6.54 Å². The lowest BCUT2D eigenvalue weighted by atomic mass is 9.85. The van der Waals surface area contributed by atoms with E-state index in [4.69, 9.17) is 5.53 Å². The molecule has 0 saturated carbocycles. The summed E-state index contributed by atoms with van der Waals surface area (Å²) >= 11 is 0. The van der Waals surface area contributed by atoms with Crippen molar-refractivity contribution < 1.29 is 14.5 Å². The number of imide groups is 1. The molecular formula is C10H15N5O4. The summed E-state index contributed by atoms with van der Waals surface area (Å²) in [4.78, 5) is 36.4. The number of carbonyl (C=O) groups is 2. The van der Waals surface area contributed by atoms with Gasteiger partial charge in [0.2, 0.25) is 5.91 Å². The molecule has 1 fully saturated rings. The van der Waals surface area contributed by atoms with E-state index in [9.17, 15) is 19.7 Å². The summed E-state index contributed by atoms with van der Waals surface area (Å²) in [7, 11) is 0. The zero-order chi connectivity index (χ0) is 14.3. The Bertz CT molecular complexity index is 432. The minimum absolute atomic E-state index is 0.0435. The van der Waals surface area contributed by atoms with Gasteiger partial charge in [0.15, 0.2) is 0 Å². The first kappa shape index (κ1) is 14.9. The molecule has 2 amide bonds. The van der Waals surface area contributed by atoms with Gasteiger partial charge in [0.25, 0.3) is 5.54 Å². The largest absolute Gasteiger partial charge is 0.304 e. The van der Waals surface area contributed by atoms with Gasteiger partial charge in [-0.25, -0.2) is 0 Å². The van der Waals surface area contributed by atoms with Crippen LogP contribution in [0.25, 0.3) is 10.4 Å². The zero-order valence-corrected chi connectivity index (χ0v) is 10.4. The number of nitrogens with zero attached hydrogens (tertiary/aromatic N) is 4. The van der Waals surface area contributed by atoms with Gasteiger partial charge in [-0.3, -0.25) is 25.0 Å². The van der Waals surface area contributed by atoms with Gasteiger partial charge in [-0.1, -0.05) is 5.11 Å². The molecule has 1 atom stereocenters. The van der Waals surface area contributed by atoms with Crippen molar-refractivity contribution >= 4 is 11.8 Å². The highest BCUT2D eigenvalue weighted by Crippen LogP contribution is 2.27. The highest BCUT2D eigenvalue weighted by Gasteiger charge is 2.50. The molecule has 1 saturated heterocycles. The highest BCUT2D eigenvalue weighted by atomic mass is 16.6. The Hall–Kier alpha value is -2.15. The smallest absolute Gasteiger partial charge is 0.290 e. The maximum absolute atomic E-state index is 11.9. The zero-order valence-electron chi connectivity index (χ0n) is 10.4. The molecule has 1 aliphatic heterocycles. The summed E-state index contributed by atoms with van der Waals surface area (Å²) in [5.41, 5.74) is 6.36. The van der Waals surface area contributed by atoms with E-state index in [1.165, 1.54) is 0 Å². The molecule has 1 N–H and O–H groups in total. The molecular weight excluding hydrogens is 254 g/mol. The van der Waals surface area contributed by atoms with Gasteiger partial charge < -0.3 is 0 Å². The molecule has 104 valence electrons.